The number of nitrogens with zero attached hydrogens (tertiary/aromatic N) is 1. The van der Waals surface area contributed by atoms with Crippen LogP contribution in [0.15, 0.2) is 0 Å². The fraction of sp³-hybridized carbons (Fsp3) is 0.769. The number of carbonyl (C=O) groups excluding carboxylic acids is 1. The molecule has 7 heteroatoms. The lowest BCUT2D eigenvalue weighted by Gasteiger charge is -2.29. The molecule has 0 aromatic heterocycles. The van der Waals surface area contributed by atoms with E-state index in [2.05, 4.69) is 11.4 Å². The van der Waals surface area contributed by atoms with E-state index in [1.807, 2.05) is 0 Å². The van der Waals surface area contributed by atoms with Gasteiger partial charge in [0.1, 0.15) is 11.6 Å². The molecule has 1 rings (SSSR count). The minimum absolute atomic E-state index is 0.0813. The van der Waals surface area contributed by atoms with Gasteiger partial charge in [0.2, 0.25) is 5.91 Å². The van der Waals surface area contributed by atoms with E-state index in [0.717, 1.165) is 12.8 Å². The van der Waals surface area contributed by atoms with Crippen molar-refractivity contribution in [2.24, 2.45) is 11.7 Å². The molecule has 2 atom stereocenters. The Morgan fingerprint density at radius 3 is 2.45 bits per heavy atom. The maximum absolute atomic E-state index is 11.9. The molecule has 1 aliphatic carbocycles. The number of carboxylic acid groups (broad SMARTS) is 1. The third-order valence-corrected chi connectivity index (χ3v) is 5.02. The summed E-state index contributed by atoms with van der Waals surface area (Å²) in [6.07, 6.45) is 1.90. The zero-order valence-corrected chi connectivity index (χ0v) is 12.8. The lowest BCUT2D eigenvalue weighted by Crippen LogP contribution is -2.50. The molecule has 0 aliphatic heterocycles. The standard InChI is InChI=1S/C13H21N3O3S/c1-12(2,10(15)11(18)19)20-6-9(17)16-13(3,7-14)8-4-5-8/h8,10H,4-6,15H2,1-3H3,(H,16,17)(H,18,19)/t10-,13?/m0/s1. The minimum atomic E-state index is -1.09. The molecule has 4 N–H and O–H groups in total. The number of amides is 1. The Morgan fingerprint density at radius 1 is 1.50 bits per heavy atom. The maximum atomic E-state index is 11.9. The van der Waals surface area contributed by atoms with E-state index < -0.39 is 22.3 Å². The smallest absolute Gasteiger partial charge is 0.321 e. The molecular weight excluding hydrogens is 278 g/mol. The number of hydrogen-bond acceptors (Lipinski definition) is 5. The van der Waals surface area contributed by atoms with Crippen molar-refractivity contribution < 1.29 is 14.7 Å². The molecule has 1 unspecified atom stereocenters. The van der Waals surface area contributed by atoms with Crippen molar-refractivity contribution in [1.29, 1.82) is 5.26 Å². The summed E-state index contributed by atoms with van der Waals surface area (Å²) in [5, 5.41) is 20.8. The van der Waals surface area contributed by atoms with E-state index in [-0.39, 0.29) is 17.6 Å². The van der Waals surface area contributed by atoms with Gasteiger partial charge in [0, 0.05) is 4.75 Å². The number of rotatable bonds is 7. The van der Waals surface area contributed by atoms with Crippen LogP contribution >= 0.6 is 11.8 Å². The van der Waals surface area contributed by atoms with Crippen LogP contribution in [0.25, 0.3) is 0 Å². The van der Waals surface area contributed by atoms with Crippen LogP contribution in [0.4, 0.5) is 0 Å². The molecule has 112 valence electrons. The Morgan fingerprint density at radius 2 is 2.05 bits per heavy atom. The van der Waals surface area contributed by atoms with E-state index in [0.29, 0.717) is 0 Å². The summed E-state index contributed by atoms with van der Waals surface area (Å²) < 4.78 is -0.758. The molecule has 0 saturated heterocycles. The molecule has 0 radical (unpaired) electrons. The number of thioether (sulfide) groups is 1. The number of aliphatic carboxylic acids is 1. The Hall–Kier alpha value is -1.26. The van der Waals surface area contributed by atoms with Gasteiger partial charge in [-0.05, 0) is 39.5 Å². The number of carboxylic acids is 1. The summed E-state index contributed by atoms with van der Waals surface area (Å²) in [6.45, 7) is 5.10. The molecule has 0 aromatic rings. The number of carbonyl (C=O) groups is 2. The summed E-state index contributed by atoms with van der Waals surface area (Å²) in [4.78, 5) is 22.8. The third-order valence-electron chi connectivity index (χ3n) is 3.62. The monoisotopic (exact) mass is 299 g/mol. The fourth-order valence-electron chi connectivity index (χ4n) is 1.85. The average Bonchev–Trinajstić information content (AvgIpc) is 3.19. The molecule has 6 nitrogen and oxygen atoms in total. The normalized spacial score (nSPS) is 19.6. The van der Waals surface area contributed by atoms with Gasteiger partial charge in [-0.15, -0.1) is 11.8 Å². The lowest BCUT2D eigenvalue weighted by atomic mass is 9.98. The van der Waals surface area contributed by atoms with Gasteiger partial charge in [-0.3, -0.25) is 9.59 Å². The second-order valence-corrected chi connectivity index (χ2v) is 7.47. The van der Waals surface area contributed by atoms with Crippen LogP contribution in [0.5, 0.6) is 0 Å². The SMILES string of the molecule is CC(C#N)(NC(=O)CSC(C)(C)[C@@H](N)C(=O)O)C1CC1. The topological polar surface area (TPSA) is 116 Å². The van der Waals surface area contributed by atoms with Crippen LogP contribution in [0, 0.1) is 17.2 Å². The second-order valence-electron chi connectivity index (χ2n) is 5.84. The first-order valence-electron chi connectivity index (χ1n) is 6.47. The van der Waals surface area contributed by atoms with Crippen molar-refractivity contribution >= 4 is 23.6 Å². The van der Waals surface area contributed by atoms with Crippen molar-refractivity contribution in [3.05, 3.63) is 0 Å². The Kier molecular flexibility index (Phi) is 5.05. The largest absolute Gasteiger partial charge is 0.480 e. The zero-order valence-electron chi connectivity index (χ0n) is 12.0. The van der Waals surface area contributed by atoms with Gasteiger partial charge in [-0.1, -0.05) is 0 Å². The van der Waals surface area contributed by atoms with Crippen molar-refractivity contribution in [2.75, 3.05) is 5.75 Å². The highest BCUT2D eigenvalue weighted by Gasteiger charge is 2.43. The highest BCUT2D eigenvalue weighted by atomic mass is 32.2. The number of nitrogens with two attached hydrogens (primary N) is 1. The van der Waals surface area contributed by atoms with Crippen molar-refractivity contribution in [3.8, 4) is 6.07 Å². The van der Waals surface area contributed by atoms with Crippen LogP contribution in [0.2, 0.25) is 0 Å². The molecule has 1 aliphatic rings. The van der Waals surface area contributed by atoms with E-state index in [9.17, 15) is 9.59 Å². The van der Waals surface area contributed by atoms with Gasteiger partial charge in [0.25, 0.3) is 0 Å². The van der Waals surface area contributed by atoms with Crippen LogP contribution in [0.1, 0.15) is 33.6 Å². The van der Waals surface area contributed by atoms with Crippen LogP contribution < -0.4 is 11.1 Å². The van der Waals surface area contributed by atoms with Gasteiger partial charge in [-0.2, -0.15) is 5.26 Å². The third kappa shape index (κ3) is 4.12. The van der Waals surface area contributed by atoms with E-state index in [1.165, 1.54) is 11.8 Å². The zero-order chi connectivity index (χ0) is 15.6. The van der Waals surface area contributed by atoms with Gasteiger partial charge < -0.3 is 16.2 Å². The van der Waals surface area contributed by atoms with Crippen molar-refractivity contribution in [1.82, 2.24) is 5.32 Å². The molecule has 0 spiro atoms. The predicted molar refractivity (Wildman–Crippen MR) is 77.0 cm³/mol. The molecule has 1 amide bonds. The summed E-state index contributed by atoms with van der Waals surface area (Å²) in [6, 6.07) is 1.10. The van der Waals surface area contributed by atoms with Crippen LogP contribution in [-0.2, 0) is 9.59 Å². The van der Waals surface area contributed by atoms with Gasteiger partial charge in [0.05, 0.1) is 11.8 Å². The number of nitrogens with one attached hydrogen (secondary N) is 1. The summed E-state index contributed by atoms with van der Waals surface area (Å²) in [7, 11) is 0. The molecule has 0 aromatic carbocycles. The van der Waals surface area contributed by atoms with Gasteiger partial charge >= 0.3 is 5.97 Å². The van der Waals surface area contributed by atoms with Crippen LogP contribution in [-0.4, -0.2) is 39.1 Å². The van der Waals surface area contributed by atoms with Crippen molar-refractivity contribution in [3.63, 3.8) is 0 Å². The maximum Gasteiger partial charge on any atom is 0.321 e. The molecule has 1 fully saturated rings. The second kappa shape index (κ2) is 6.02. The first kappa shape index (κ1) is 16.8. The average molecular weight is 299 g/mol. The van der Waals surface area contributed by atoms with Crippen molar-refractivity contribution in [2.45, 2.75) is 49.9 Å². The summed E-state index contributed by atoms with van der Waals surface area (Å²) in [5.41, 5.74) is 4.76. The first-order chi connectivity index (χ1) is 9.12. The molecular formula is C13H21N3O3S. The molecule has 0 heterocycles. The molecule has 0 bridgehead atoms. The minimum Gasteiger partial charge on any atom is -0.480 e. The van der Waals surface area contributed by atoms with Gasteiger partial charge in [0.15, 0.2) is 0 Å². The summed E-state index contributed by atoms with van der Waals surface area (Å²) >= 11 is 1.18. The number of hydrogen-bond donors (Lipinski definition) is 3. The fourth-order valence-corrected chi connectivity index (χ4v) is 2.70. The number of nitriles is 1. The van der Waals surface area contributed by atoms with Gasteiger partial charge in [-0.25, -0.2) is 0 Å². The van der Waals surface area contributed by atoms with E-state index >= 15 is 0 Å². The summed E-state index contributed by atoms with van der Waals surface area (Å²) in [5.74, 6) is -1.06. The molecule has 1 saturated carbocycles. The quantitative estimate of drug-likeness (QED) is 0.638. The highest BCUT2D eigenvalue weighted by molar-refractivity contribution is 8.01. The molecule has 20 heavy (non-hydrogen) atoms. The predicted octanol–water partition coefficient (Wildman–Crippen LogP) is 0.719. The Balaban J connectivity index is 2.51. The highest BCUT2D eigenvalue weighted by Crippen LogP contribution is 2.39. The Labute approximate surface area is 123 Å². The van der Waals surface area contributed by atoms with Crippen LogP contribution in [0.3, 0.4) is 0 Å². The van der Waals surface area contributed by atoms with E-state index in [1.54, 1.807) is 20.8 Å². The van der Waals surface area contributed by atoms with E-state index in [4.69, 9.17) is 16.1 Å². The first-order valence-corrected chi connectivity index (χ1v) is 7.45. The lowest BCUT2D eigenvalue weighted by molar-refractivity contribution is -0.139. The Bertz CT molecular complexity index is 443.